The van der Waals surface area contributed by atoms with Gasteiger partial charge < -0.3 is 32.9 Å². The summed E-state index contributed by atoms with van der Waals surface area (Å²) in [7, 11) is 0. The van der Waals surface area contributed by atoms with E-state index in [2.05, 4.69) is 35.5 Å². The van der Waals surface area contributed by atoms with Crippen molar-refractivity contribution in [3.63, 3.8) is 0 Å². The fourth-order valence-electron chi connectivity index (χ4n) is 5.54. The summed E-state index contributed by atoms with van der Waals surface area (Å²) in [4.78, 5) is 4.76. The number of hydrogen-bond donors (Lipinski definition) is 0. The number of rotatable bonds is 17. The van der Waals surface area contributed by atoms with E-state index in [1.54, 1.807) is 0 Å². The van der Waals surface area contributed by atoms with Gasteiger partial charge in [-0.25, -0.2) is 0 Å². The van der Waals surface area contributed by atoms with Crippen molar-refractivity contribution in [1.29, 1.82) is 0 Å². The van der Waals surface area contributed by atoms with Gasteiger partial charge in [-0.3, -0.25) is 4.99 Å². The summed E-state index contributed by atoms with van der Waals surface area (Å²) < 4.78 is 39.4. The number of aromatic nitrogens is 1. The zero-order valence-corrected chi connectivity index (χ0v) is 27.7. The minimum absolute atomic E-state index is 0.232. The first-order chi connectivity index (χ1) is 24.7. The average molecular weight is 671 g/mol. The molecule has 9 heteroatoms. The van der Waals surface area contributed by atoms with Gasteiger partial charge in [0.25, 0.3) is 0 Å². The van der Waals surface area contributed by atoms with Crippen LogP contribution >= 0.6 is 0 Å². The number of nitrogens with zero attached hydrogens (tertiary/aromatic N) is 2. The van der Waals surface area contributed by atoms with Crippen LogP contribution in [0.3, 0.4) is 0 Å². The lowest BCUT2D eigenvalue weighted by molar-refractivity contribution is 0.263. The maximum atomic E-state index is 5.98. The van der Waals surface area contributed by atoms with Gasteiger partial charge in [-0.15, -0.1) is 0 Å². The lowest BCUT2D eigenvalue weighted by atomic mass is 10.0. The maximum Gasteiger partial charge on any atom is 0.167 e. The van der Waals surface area contributed by atoms with Gasteiger partial charge in [-0.1, -0.05) is 17.3 Å². The van der Waals surface area contributed by atoms with Gasteiger partial charge in [0.05, 0.1) is 38.7 Å². The first-order valence-corrected chi connectivity index (χ1v) is 17.1. The Balaban J connectivity index is 0.736. The van der Waals surface area contributed by atoms with E-state index in [4.69, 9.17) is 37.9 Å². The molecule has 0 radical (unpaired) electrons. The lowest BCUT2D eigenvalue weighted by Gasteiger charge is -2.09. The van der Waals surface area contributed by atoms with Crippen LogP contribution in [0.1, 0.15) is 24.0 Å². The molecule has 2 fully saturated rings. The van der Waals surface area contributed by atoms with E-state index in [9.17, 15) is 0 Å². The van der Waals surface area contributed by atoms with Crippen molar-refractivity contribution in [3.8, 4) is 45.6 Å². The van der Waals surface area contributed by atoms with Crippen LogP contribution < -0.4 is 18.9 Å². The molecule has 4 aromatic carbocycles. The summed E-state index contributed by atoms with van der Waals surface area (Å²) in [5, 5.41) is 4.25. The number of benzene rings is 4. The Bertz CT molecular complexity index is 1920. The molecule has 5 aromatic rings. The molecule has 2 atom stereocenters. The second kappa shape index (κ2) is 15.0. The summed E-state index contributed by atoms with van der Waals surface area (Å²) in [6.45, 7) is 4.68. The van der Waals surface area contributed by atoms with Crippen molar-refractivity contribution in [1.82, 2.24) is 5.16 Å². The molecule has 2 unspecified atom stereocenters. The molecule has 50 heavy (non-hydrogen) atoms. The van der Waals surface area contributed by atoms with Crippen LogP contribution in [-0.2, 0) is 9.47 Å². The van der Waals surface area contributed by atoms with Crippen molar-refractivity contribution in [2.24, 2.45) is 4.99 Å². The van der Waals surface area contributed by atoms with E-state index >= 15 is 0 Å². The summed E-state index contributed by atoms with van der Waals surface area (Å²) in [5.74, 6) is 4.04. The Labute approximate surface area is 291 Å². The molecule has 254 valence electrons. The third-order valence-corrected chi connectivity index (χ3v) is 8.66. The number of unbranched alkanes of at least 4 members (excludes halogenated alkanes) is 1. The Morgan fingerprint density at radius 1 is 0.560 bits per heavy atom. The van der Waals surface area contributed by atoms with E-state index in [0.29, 0.717) is 38.7 Å². The predicted molar refractivity (Wildman–Crippen MR) is 190 cm³/mol. The zero-order valence-electron chi connectivity index (χ0n) is 27.7. The highest BCUT2D eigenvalue weighted by Gasteiger charge is 2.24. The van der Waals surface area contributed by atoms with Crippen molar-refractivity contribution < 1.29 is 32.9 Å². The van der Waals surface area contributed by atoms with Crippen LogP contribution in [0.25, 0.3) is 28.2 Å². The molecule has 3 aliphatic heterocycles. The van der Waals surface area contributed by atoms with E-state index in [1.807, 2.05) is 78.9 Å². The second-order valence-corrected chi connectivity index (χ2v) is 12.5. The SMILES string of the molecule is C1=C(c2ccc(OCC3CO3)cc2)CN=C1c1ccc(OCCCCOc2ccc(-c3cc(-c4ccc(OCC5CO5)cc4)no3)cc2)cc1. The third kappa shape index (κ3) is 8.42. The second-order valence-electron chi connectivity index (χ2n) is 12.5. The summed E-state index contributed by atoms with van der Waals surface area (Å²) in [5.41, 5.74) is 7.10. The van der Waals surface area contributed by atoms with Gasteiger partial charge in [-0.2, -0.15) is 0 Å². The van der Waals surface area contributed by atoms with Gasteiger partial charge in [0.2, 0.25) is 0 Å². The summed E-state index contributed by atoms with van der Waals surface area (Å²) >= 11 is 0. The topological polar surface area (TPSA) is 100 Å². The van der Waals surface area contributed by atoms with Crippen molar-refractivity contribution in [3.05, 3.63) is 120 Å². The lowest BCUT2D eigenvalue weighted by Crippen LogP contribution is -2.03. The largest absolute Gasteiger partial charge is 0.494 e. The number of allylic oxidation sites excluding steroid dienone is 1. The maximum absolute atomic E-state index is 5.98. The van der Waals surface area contributed by atoms with Crippen LogP contribution in [0.4, 0.5) is 0 Å². The van der Waals surface area contributed by atoms with Crippen molar-refractivity contribution >= 4 is 11.3 Å². The van der Waals surface area contributed by atoms with Crippen LogP contribution in [0.5, 0.6) is 23.0 Å². The van der Waals surface area contributed by atoms with E-state index in [-0.39, 0.29) is 12.2 Å². The molecule has 8 rings (SSSR count). The van der Waals surface area contributed by atoms with Gasteiger partial charge >= 0.3 is 0 Å². The Hall–Kier alpha value is -5.38. The first kappa shape index (κ1) is 31.9. The molecule has 0 spiro atoms. The van der Waals surface area contributed by atoms with Crippen molar-refractivity contribution in [2.75, 3.05) is 46.2 Å². The molecule has 4 heterocycles. The highest BCUT2D eigenvalue weighted by molar-refractivity contribution is 6.15. The number of epoxide rings is 2. The van der Waals surface area contributed by atoms with E-state index in [0.717, 1.165) is 82.7 Å². The molecule has 0 amide bonds. The third-order valence-electron chi connectivity index (χ3n) is 8.66. The minimum Gasteiger partial charge on any atom is -0.494 e. The molecule has 3 aliphatic rings. The van der Waals surface area contributed by atoms with Gasteiger partial charge in [0.15, 0.2) is 5.76 Å². The Morgan fingerprint density at radius 3 is 1.58 bits per heavy atom. The van der Waals surface area contributed by atoms with Gasteiger partial charge in [-0.05, 0) is 121 Å². The molecule has 9 nitrogen and oxygen atoms in total. The molecular formula is C41H38N2O7. The monoisotopic (exact) mass is 670 g/mol. The summed E-state index contributed by atoms with van der Waals surface area (Å²) in [6, 6.07) is 34.0. The van der Waals surface area contributed by atoms with E-state index in [1.165, 1.54) is 5.57 Å². The smallest absolute Gasteiger partial charge is 0.167 e. The molecule has 2 saturated heterocycles. The van der Waals surface area contributed by atoms with Crippen LogP contribution in [-0.4, -0.2) is 69.3 Å². The molecular weight excluding hydrogens is 632 g/mol. The molecule has 1 aromatic heterocycles. The zero-order chi connectivity index (χ0) is 33.5. The van der Waals surface area contributed by atoms with Crippen LogP contribution in [0.15, 0.2) is 119 Å². The molecule has 0 bridgehead atoms. The fourth-order valence-corrected chi connectivity index (χ4v) is 5.54. The molecule has 0 N–H and O–H groups in total. The fraction of sp³-hybridized carbons (Fsp3) is 0.268. The summed E-state index contributed by atoms with van der Waals surface area (Å²) in [6.07, 6.45) is 4.42. The predicted octanol–water partition coefficient (Wildman–Crippen LogP) is 7.69. The highest BCUT2D eigenvalue weighted by atomic mass is 16.6. The number of hydrogen-bond acceptors (Lipinski definition) is 9. The Morgan fingerprint density at radius 2 is 1.04 bits per heavy atom. The highest BCUT2D eigenvalue weighted by Crippen LogP contribution is 2.29. The quantitative estimate of drug-likeness (QED) is 0.0734. The normalized spacial score (nSPS) is 17.5. The molecule has 0 saturated carbocycles. The Kier molecular flexibility index (Phi) is 9.57. The van der Waals surface area contributed by atoms with Crippen molar-refractivity contribution in [2.45, 2.75) is 25.0 Å². The minimum atomic E-state index is 0.232. The van der Waals surface area contributed by atoms with Crippen LogP contribution in [0, 0.1) is 0 Å². The standard InChI is InChI=1S/C41H38N2O7/c1(19-44-33-13-5-29(6-14-33)39-21-32(23-42-39)28-3-11-35(12-4-28)46-24-37-26-48-37)2-20-45-34-17-9-31(10-18-34)41-22-40(43-50-41)30-7-15-36(16-8-30)47-25-38-27-49-38/h3-18,21-22,37-38H,1-2,19-20,23-27H2. The van der Waals surface area contributed by atoms with Crippen LogP contribution in [0.2, 0.25) is 0 Å². The van der Waals surface area contributed by atoms with E-state index < -0.39 is 0 Å². The average Bonchev–Trinajstić information content (AvgIpc) is 4.08. The molecule has 0 aliphatic carbocycles. The number of aliphatic imine (C=N–C) groups is 1. The number of ether oxygens (including phenoxy) is 6. The van der Waals surface area contributed by atoms with Gasteiger partial charge in [0.1, 0.15) is 54.1 Å². The van der Waals surface area contributed by atoms with Gasteiger partial charge in [0, 0.05) is 17.2 Å². The first-order valence-electron chi connectivity index (χ1n) is 17.1.